The van der Waals surface area contributed by atoms with Gasteiger partial charge in [0.1, 0.15) is 12.2 Å². The van der Waals surface area contributed by atoms with Gasteiger partial charge in [0.15, 0.2) is 5.13 Å². The monoisotopic (exact) mass is 312 g/mol. The Kier molecular flexibility index (Phi) is 3.98. The molecule has 1 fully saturated rings. The van der Waals surface area contributed by atoms with E-state index >= 15 is 0 Å². The Morgan fingerprint density at radius 2 is 1.86 bits per heavy atom. The summed E-state index contributed by atoms with van der Waals surface area (Å²) in [6.45, 7) is 5.97. The molecule has 0 bridgehead atoms. The van der Waals surface area contributed by atoms with E-state index in [4.69, 9.17) is 14.5 Å². The Morgan fingerprint density at radius 1 is 1.24 bits per heavy atom. The number of thiazole rings is 1. The van der Waals surface area contributed by atoms with Crippen molar-refractivity contribution in [2.45, 2.75) is 45.0 Å². The minimum Gasteiger partial charge on any atom is -0.387 e. The lowest BCUT2D eigenvalue weighted by molar-refractivity contribution is -0.00461. The molecule has 0 saturated carbocycles. The molecule has 2 heterocycles. The molecule has 5 nitrogen and oxygen atoms in total. The molecule has 1 saturated heterocycles. The molecule has 0 amide bonds. The number of nitrogens with zero attached hydrogens (tertiary/aromatic N) is 2. The molecule has 0 aromatic carbocycles. The van der Waals surface area contributed by atoms with Crippen LogP contribution in [0.2, 0.25) is 0 Å². The van der Waals surface area contributed by atoms with Crippen LogP contribution < -0.4 is 4.90 Å². The SMILES string of the molecule is COC1CN(c2nc3c(s2)C(O)CC(C)(C)C3)CC1OC. The van der Waals surface area contributed by atoms with E-state index < -0.39 is 0 Å². The Hall–Kier alpha value is -0.690. The highest BCUT2D eigenvalue weighted by Crippen LogP contribution is 2.45. The van der Waals surface area contributed by atoms with E-state index in [1.807, 2.05) is 0 Å². The van der Waals surface area contributed by atoms with Crippen molar-refractivity contribution < 1.29 is 14.6 Å². The standard InChI is InChI=1S/C15H24N2O3S/c1-15(2)5-9-13(10(18)6-15)21-14(16-9)17-7-11(19-3)12(8-17)20-4/h10-12,18H,5-8H2,1-4H3. The lowest BCUT2D eigenvalue weighted by atomic mass is 9.77. The summed E-state index contributed by atoms with van der Waals surface area (Å²) in [6.07, 6.45) is 1.53. The number of ether oxygens (including phenoxy) is 2. The van der Waals surface area contributed by atoms with Crippen molar-refractivity contribution in [3.8, 4) is 0 Å². The molecule has 21 heavy (non-hydrogen) atoms. The van der Waals surface area contributed by atoms with E-state index in [2.05, 4.69) is 18.7 Å². The van der Waals surface area contributed by atoms with Crippen molar-refractivity contribution in [3.63, 3.8) is 0 Å². The third kappa shape index (κ3) is 2.82. The van der Waals surface area contributed by atoms with E-state index in [0.717, 1.165) is 41.6 Å². The van der Waals surface area contributed by atoms with Gasteiger partial charge in [0.2, 0.25) is 0 Å². The third-order valence-electron chi connectivity index (χ3n) is 4.50. The van der Waals surface area contributed by atoms with Crippen LogP contribution in [0.3, 0.4) is 0 Å². The summed E-state index contributed by atoms with van der Waals surface area (Å²) in [5.41, 5.74) is 1.18. The van der Waals surface area contributed by atoms with Gasteiger partial charge in [0.05, 0.1) is 16.7 Å². The van der Waals surface area contributed by atoms with Gasteiger partial charge in [-0.1, -0.05) is 25.2 Å². The first-order valence-corrected chi connectivity index (χ1v) is 8.23. The van der Waals surface area contributed by atoms with Gasteiger partial charge in [-0.2, -0.15) is 0 Å². The predicted octanol–water partition coefficient (Wildman–Crippen LogP) is 2.00. The number of hydrogen-bond acceptors (Lipinski definition) is 6. The van der Waals surface area contributed by atoms with E-state index in [9.17, 15) is 5.11 Å². The molecular formula is C15H24N2O3S. The highest BCUT2D eigenvalue weighted by atomic mass is 32.1. The van der Waals surface area contributed by atoms with Crippen molar-refractivity contribution in [3.05, 3.63) is 10.6 Å². The average molecular weight is 312 g/mol. The Balaban J connectivity index is 1.83. The lowest BCUT2D eigenvalue weighted by Gasteiger charge is -2.31. The summed E-state index contributed by atoms with van der Waals surface area (Å²) in [5, 5.41) is 11.3. The number of anilines is 1. The first-order chi connectivity index (χ1) is 9.93. The number of aliphatic hydroxyl groups is 1. The van der Waals surface area contributed by atoms with Crippen molar-refractivity contribution in [1.29, 1.82) is 0 Å². The minimum atomic E-state index is -0.381. The second-order valence-corrected chi connectivity index (χ2v) is 7.83. The van der Waals surface area contributed by atoms with Crippen molar-refractivity contribution in [1.82, 2.24) is 4.98 Å². The molecule has 6 heteroatoms. The maximum absolute atomic E-state index is 10.4. The Bertz CT molecular complexity index is 505. The summed E-state index contributed by atoms with van der Waals surface area (Å²) in [5.74, 6) is 0. The van der Waals surface area contributed by atoms with Gasteiger partial charge in [0, 0.05) is 27.3 Å². The molecule has 118 valence electrons. The third-order valence-corrected chi connectivity index (χ3v) is 5.76. The van der Waals surface area contributed by atoms with Crippen LogP contribution in [0, 0.1) is 5.41 Å². The number of hydrogen-bond donors (Lipinski definition) is 1. The van der Waals surface area contributed by atoms with Crippen molar-refractivity contribution in [2.75, 3.05) is 32.2 Å². The van der Waals surface area contributed by atoms with Crippen LogP contribution in [-0.2, 0) is 15.9 Å². The lowest BCUT2D eigenvalue weighted by Crippen LogP contribution is -2.27. The van der Waals surface area contributed by atoms with E-state index in [0.29, 0.717) is 0 Å². The van der Waals surface area contributed by atoms with Crippen LogP contribution in [0.1, 0.15) is 36.9 Å². The maximum atomic E-state index is 10.4. The van der Waals surface area contributed by atoms with Crippen LogP contribution >= 0.6 is 11.3 Å². The van der Waals surface area contributed by atoms with Gasteiger partial charge in [0.25, 0.3) is 0 Å². The van der Waals surface area contributed by atoms with E-state index in [1.165, 1.54) is 0 Å². The van der Waals surface area contributed by atoms with E-state index in [1.54, 1.807) is 25.6 Å². The average Bonchev–Trinajstić information content (AvgIpc) is 2.99. The second-order valence-electron chi connectivity index (χ2n) is 6.82. The summed E-state index contributed by atoms with van der Waals surface area (Å²) in [7, 11) is 3.44. The first-order valence-electron chi connectivity index (χ1n) is 7.42. The highest BCUT2D eigenvalue weighted by Gasteiger charge is 2.38. The van der Waals surface area contributed by atoms with Crippen LogP contribution in [0.4, 0.5) is 5.13 Å². The number of aromatic nitrogens is 1. The predicted molar refractivity (Wildman–Crippen MR) is 83.0 cm³/mol. The summed E-state index contributed by atoms with van der Waals surface area (Å²) in [6, 6.07) is 0. The zero-order chi connectivity index (χ0) is 15.2. The first kappa shape index (κ1) is 15.2. The molecule has 1 aliphatic heterocycles. The molecule has 0 radical (unpaired) electrons. The second kappa shape index (κ2) is 5.50. The number of aliphatic hydroxyl groups excluding tert-OH is 1. The number of rotatable bonds is 3. The van der Waals surface area contributed by atoms with Gasteiger partial charge >= 0.3 is 0 Å². The molecule has 1 aromatic heterocycles. The maximum Gasteiger partial charge on any atom is 0.186 e. The minimum absolute atomic E-state index is 0.0808. The fourth-order valence-electron chi connectivity index (χ4n) is 3.37. The molecule has 3 unspecified atom stereocenters. The van der Waals surface area contributed by atoms with Crippen LogP contribution in [0.25, 0.3) is 0 Å². The smallest absolute Gasteiger partial charge is 0.186 e. The van der Waals surface area contributed by atoms with Gasteiger partial charge in [-0.05, 0) is 18.3 Å². The van der Waals surface area contributed by atoms with Gasteiger partial charge in [-0.25, -0.2) is 4.98 Å². The van der Waals surface area contributed by atoms with Crippen LogP contribution in [-0.4, -0.2) is 49.6 Å². The zero-order valence-electron chi connectivity index (χ0n) is 13.1. The Labute approximate surface area is 129 Å². The summed E-state index contributed by atoms with van der Waals surface area (Å²) in [4.78, 5) is 8.04. The molecule has 3 atom stereocenters. The van der Waals surface area contributed by atoms with Gasteiger partial charge in [-0.3, -0.25) is 0 Å². The van der Waals surface area contributed by atoms with Gasteiger partial charge < -0.3 is 19.5 Å². The van der Waals surface area contributed by atoms with Crippen molar-refractivity contribution in [2.24, 2.45) is 5.41 Å². The summed E-state index contributed by atoms with van der Waals surface area (Å²) < 4.78 is 11.0. The number of fused-ring (bicyclic) bond motifs is 1. The molecule has 2 aliphatic rings. The zero-order valence-corrected chi connectivity index (χ0v) is 13.9. The molecule has 3 rings (SSSR count). The topological polar surface area (TPSA) is 54.8 Å². The molecular weight excluding hydrogens is 288 g/mol. The van der Waals surface area contributed by atoms with E-state index in [-0.39, 0.29) is 23.7 Å². The van der Waals surface area contributed by atoms with Gasteiger partial charge in [-0.15, -0.1) is 0 Å². The number of methoxy groups -OCH3 is 2. The fraction of sp³-hybridized carbons (Fsp3) is 0.800. The normalized spacial score (nSPS) is 31.5. The van der Waals surface area contributed by atoms with Crippen molar-refractivity contribution >= 4 is 16.5 Å². The Morgan fingerprint density at radius 3 is 2.43 bits per heavy atom. The summed E-state index contributed by atoms with van der Waals surface area (Å²) >= 11 is 1.62. The molecule has 1 aliphatic carbocycles. The molecule has 1 N–H and O–H groups in total. The van der Waals surface area contributed by atoms with Crippen LogP contribution in [0.15, 0.2) is 0 Å². The van der Waals surface area contributed by atoms with Crippen LogP contribution in [0.5, 0.6) is 0 Å². The molecule has 1 aromatic rings. The highest BCUT2D eigenvalue weighted by molar-refractivity contribution is 7.15. The fourth-order valence-corrected chi connectivity index (χ4v) is 4.45. The molecule has 0 spiro atoms. The quantitative estimate of drug-likeness (QED) is 0.925. The largest absolute Gasteiger partial charge is 0.387 e.